The van der Waals surface area contributed by atoms with E-state index in [-0.39, 0.29) is 0 Å². The van der Waals surface area contributed by atoms with Crippen molar-refractivity contribution >= 4 is 0 Å². The minimum atomic E-state index is 0.343. The lowest BCUT2D eigenvalue weighted by Gasteiger charge is -2.33. The molecule has 1 aliphatic rings. The zero-order valence-corrected chi connectivity index (χ0v) is 7.51. The highest BCUT2D eigenvalue weighted by molar-refractivity contribution is 4.81. The van der Waals surface area contributed by atoms with E-state index in [1.54, 1.807) is 0 Å². The van der Waals surface area contributed by atoms with Gasteiger partial charge in [0.25, 0.3) is 0 Å². The molecule has 0 heterocycles. The molecule has 1 aliphatic carbocycles. The zero-order valence-electron chi connectivity index (χ0n) is 7.51. The first-order valence-corrected chi connectivity index (χ1v) is 4.56. The van der Waals surface area contributed by atoms with Crippen LogP contribution in [-0.2, 0) is 0 Å². The average molecular weight is 157 g/mol. The first-order valence-electron chi connectivity index (χ1n) is 4.56. The Morgan fingerprint density at radius 3 is 2.73 bits per heavy atom. The maximum absolute atomic E-state index is 9.07. The Balaban J connectivity index is 2.41. The Labute approximate surface area is 69.0 Å². The summed E-state index contributed by atoms with van der Waals surface area (Å²) in [5.74, 6) is 1.29. The minimum absolute atomic E-state index is 0.343. The van der Waals surface area contributed by atoms with Crippen molar-refractivity contribution in [2.75, 3.05) is 13.7 Å². The molecular weight excluding hydrogens is 138 g/mol. The predicted octanol–water partition coefficient (Wildman–Crippen LogP) is 1.00. The highest BCUT2D eigenvalue weighted by Crippen LogP contribution is 2.28. The lowest BCUT2D eigenvalue weighted by molar-refractivity contribution is 0.133. The zero-order chi connectivity index (χ0) is 8.27. The van der Waals surface area contributed by atoms with Crippen LogP contribution in [-0.4, -0.2) is 24.8 Å². The Bertz CT molecular complexity index is 116. The smallest absolute Gasteiger partial charge is 0.0474 e. The molecule has 0 amide bonds. The molecule has 2 heteroatoms. The summed E-state index contributed by atoms with van der Waals surface area (Å²) in [5, 5.41) is 12.3. The number of nitrogens with one attached hydrogen (secondary N) is 1. The minimum Gasteiger partial charge on any atom is -0.396 e. The summed E-state index contributed by atoms with van der Waals surface area (Å²) >= 11 is 0. The second-order valence-corrected chi connectivity index (χ2v) is 3.76. The van der Waals surface area contributed by atoms with Crippen molar-refractivity contribution in [1.29, 1.82) is 0 Å². The number of aliphatic hydroxyl groups excluding tert-OH is 1. The highest BCUT2D eigenvalue weighted by atomic mass is 16.3. The molecule has 0 spiro atoms. The molecule has 0 aliphatic heterocycles. The largest absolute Gasteiger partial charge is 0.396 e. The van der Waals surface area contributed by atoms with Gasteiger partial charge in [0.1, 0.15) is 0 Å². The van der Waals surface area contributed by atoms with E-state index < -0.39 is 0 Å². The fraction of sp³-hybridized carbons (Fsp3) is 1.00. The summed E-state index contributed by atoms with van der Waals surface area (Å²) < 4.78 is 0. The van der Waals surface area contributed by atoms with Crippen LogP contribution >= 0.6 is 0 Å². The predicted molar refractivity (Wildman–Crippen MR) is 46.4 cm³/mol. The number of hydrogen-bond acceptors (Lipinski definition) is 2. The van der Waals surface area contributed by atoms with Gasteiger partial charge in [-0.1, -0.05) is 6.92 Å². The first kappa shape index (κ1) is 9.01. The monoisotopic (exact) mass is 157 g/mol. The van der Waals surface area contributed by atoms with E-state index in [4.69, 9.17) is 5.11 Å². The molecule has 2 N–H and O–H groups in total. The van der Waals surface area contributed by atoms with Gasteiger partial charge in [0.05, 0.1) is 0 Å². The molecule has 0 aromatic heterocycles. The van der Waals surface area contributed by atoms with E-state index in [2.05, 4.69) is 12.2 Å². The van der Waals surface area contributed by atoms with Crippen molar-refractivity contribution < 1.29 is 5.11 Å². The third-order valence-electron chi connectivity index (χ3n) is 2.85. The molecular formula is C9H19NO. The summed E-state index contributed by atoms with van der Waals surface area (Å²) in [4.78, 5) is 0. The van der Waals surface area contributed by atoms with Gasteiger partial charge in [-0.15, -0.1) is 0 Å². The molecule has 0 radical (unpaired) electrons. The maximum Gasteiger partial charge on any atom is 0.0474 e. The second kappa shape index (κ2) is 4.07. The van der Waals surface area contributed by atoms with Crippen LogP contribution in [0.1, 0.15) is 26.2 Å². The molecule has 3 atom stereocenters. The summed E-state index contributed by atoms with van der Waals surface area (Å²) in [6.07, 6.45) is 3.72. The summed E-state index contributed by atoms with van der Waals surface area (Å²) in [5.41, 5.74) is 0. The van der Waals surface area contributed by atoms with Gasteiger partial charge in [-0.3, -0.25) is 0 Å². The number of rotatable bonds is 2. The van der Waals surface area contributed by atoms with Gasteiger partial charge in [-0.05, 0) is 38.1 Å². The molecule has 2 nitrogen and oxygen atoms in total. The van der Waals surface area contributed by atoms with Gasteiger partial charge in [0.2, 0.25) is 0 Å². The molecule has 66 valence electrons. The van der Waals surface area contributed by atoms with Gasteiger partial charge in [0.15, 0.2) is 0 Å². The standard InChI is InChI=1S/C9H19NO/c1-7-3-4-9(10-2)8(5-7)6-11/h7-11H,3-6H2,1-2H3. The van der Waals surface area contributed by atoms with Crippen LogP contribution in [0.15, 0.2) is 0 Å². The van der Waals surface area contributed by atoms with Crippen LogP contribution in [0.2, 0.25) is 0 Å². The maximum atomic E-state index is 9.07. The topological polar surface area (TPSA) is 32.3 Å². The van der Waals surface area contributed by atoms with Gasteiger partial charge in [-0.2, -0.15) is 0 Å². The van der Waals surface area contributed by atoms with Crippen molar-refractivity contribution in [3.8, 4) is 0 Å². The summed E-state index contributed by atoms with van der Waals surface area (Å²) in [6, 6.07) is 0.552. The fourth-order valence-electron chi connectivity index (χ4n) is 2.08. The second-order valence-electron chi connectivity index (χ2n) is 3.76. The van der Waals surface area contributed by atoms with Crippen LogP contribution in [0.5, 0.6) is 0 Å². The number of aliphatic hydroxyl groups is 1. The van der Waals surface area contributed by atoms with E-state index >= 15 is 0 Å². The van der Waals surface area contributed by atoms with Crippen LogP contribution in [0.25, 0.3) is 0 Å². The van der Waals surface area contributed by atoms with Crippen LogP contribution < -0.4 is 5.32 Å². The van der Waals surface area contributed by atoms with Gasteiger partial charge < -0.3 is 10.4 Å². The summed E-state index contributed by atoms with van der Waals surface area (Å²) in [7, 11) is 1.99. The van der Waals surface area contributed by atoms with Crippen molar-refractivity contribution in [3.05, 3.63) is 0 Å². The Morgan fingerprint density at radius 1 is 1.45 bits per heavy atom. The molecule has 0 aromatic rings. The van der Waals surface area contributed by atoms with E-state index in [1.807, 2.05) is 7.05 Å². The van der Waals surface area contributed by atoms with Crippen LogP contribution in [0, 0.1) is 11.8 Å². The molecule has 3 unspecified atom stereocenters. The lowest BCUT2D eigenvalue weighted by atomic mass is 9.79. The van der Waals surface area contributed by atoms with Crippen LogP contribution in [0.3, 0.4) is 0 Å². The Morgan fingerprint density at radius 2 is 2.18 bits per heavy atom. The van der Waals surface area contributed by atoms with E-state index in [0.717, 1.165) is 5.92 Å². The van der Waals surface area contributed by atoms with Crippen molar-refractivity contribution in [2.45, 2.75) is 32.2 Å². The molecule has 11 heavy (non-hydrogen) atoms. The van der Waals surface area contributed by atoms with Gasteiger partial charge >= 0.3 is 0 Å². The van der Waals surface area contributed by atoms with E-state index in [0.29, 0.717) is 18.6 Å². The van der Waals surface area contributed by atoms with E-state index in [1.165, 1.54) is 19.3 Å². The van der Waals surface area contributed by atoms with Gasteiger partial charge in [-0.25, -0.2) is 0 Å². The Kier molecular flexibility index (Phi) is 3.34. The molecule has 0 bridgehead atoms. The van der Waals surface area contributed by atoms with Crippen molar-refractivity contribution in [3.63, 3.8) is 0 Å². The highest BCUT2D eigenvalue weighted by Gasteiger charge is 2.26. The quantitative estimate of drug-likeness (QED) is 0.627. The third kappa shape index (κ3) is 2.17. The fourth-order valence-corrected chi connectivity index (χ4v) is 2.08. The van der Waals surface area contributed by atoms with Crippen molar-refractivity contribution in [2.24, 2.45) is 11.8 Å². The SMILES string of the molecule is CNC1CCC(C)CC1CO. The molecule has 1 saturated carbocycles. The lowest BCUT2D eigenvalue weighted by Crippen LogP contribution is -2.39. The molecule has 0 aromatic carbocycles. The summed E-state index contributed by atoms with van der Waals surface area (Å²) in [6.45, 7) is 2.62. The molecule has 1 rings (SSSR count). The Hall–Kier alpha value is -0.0800. The van der Waals surface area contributed by atoms with Crippen LogP contribution in [0.4, 0.5) is 0 Å². The third-order valence-corrected chi connectivity index (χ3v) is 2.85. The van der Waals surface area contributed by atoms with Crippen molar-refractivity contribution in [1.82, 2.24) is 5.32 Å². The molecule has 1 fully saturated rings. The average Bonchev–Trinajstić information content (AvgIpc) is 2.04. The normalized spacial score (nSPS) is 39.0. The van der Waals surface area contributed by atoms with Gasteiger partial charge in [0, 0.05) is 12.6 Å². The van der Waals surface area contributed by atoms with E-state index in [9.17, 15) is 0 Å². The first-order chi connectivity index (χ1) is 5.27. The molecule has 0 saturated heterocycles. The number of hydrogen-bond donors (Lipinski definition) is 2.